The first-order chi connectivity index (χ1) is 15.2. The van der Waals surface area contributed by atoms with Gasteiger partial charge in [0.15, 0.2) is 11.5 Å². The molecule has 0 spiro atoms. The summed E-state index contributed by atoms with van der Waals surface area (Å²) in [7, 11) is 1.64. The minimum absolute atomic E-state index is 0.248. The number of benzene rings is 2. The second kappa shape index (κ2) is 10.5. The van der Waals surface area contributed by atoms with Crippen LogP contribution in [0.5, 0.6) is 11.5 Å². The van der Waals surface area contributed by atoms with Gasteiger partial charge in [-0.2, -0.15) is 0 Å². The predicted octanol–water partition coefficient (Wildman–Crippen LogP) is 4.93. The minimum Gasteiger partial charge on any atom is -0.493 e. The molecule has 0 unspecified atom stereocenters. The van der Waals surface area contributed by atoms with Crippen molar-refractivity contribution in [1.82, 2.24) is 10.2 Å². The summed E-state index contributed by atoms with van der Waals surface area (Å²) >= 11 is 0. The average molecular weight is 425 g/mol. The monoisotopic (exact) mass is 424 g/mol. The van der Waals surface area contributed by atoms with Crippen LogP contribution in [0.2, 0.25) is 0 Å². The third-order valence-electron chi connectivity index (χ3n) is 5.66. The molecule has 164 valence electrons. The Labute approximate surface area is 182 Å². The number of nitrogens with one attached hydrogen (secondary N) is 1. The van der Waals surface area contributed by atoms with Crippen molar-refractivity contribution in [2.24, 2.45) is 0 Å². The summed E-state index contributed by atoms with van der Waals surface area (Å²) in [5.41, 5.74) is 2.02. The Morgan fingerprint density at radius 1 is 1.03 bits per heavy atom. The van der Waals surface area contributed by atoms with E-state index in [1.54, 1.807) is 25.5 Å². The largest absolute Gasteiger partial charge is 0.493 e. The van der Waals surface area contributed by atoms with E-state index in [0.29, 0.717) is 18.1 Å². The van der Waals surface area contributed by atoms with Crippen molar-refractivity contribution in [2.45, 2.75) is 32.0 Å². The van der Waals surface area contributed by atoms with E-state index in [2.05, 4.69) is 16.3 Å². The van der Waals surface area contributed by atoms with Gasteiger partial charge in [-0.1, -0.05) is 18.2 Å². The van der Waals surface area contributed by atoms with Crippen molar-refractivity contribution in [3.63, 3.8) is 0 Å². The van der Waals surface area contributed by atoms with Gasteiger partial charge in [-0.3, -0.25) is 4.90 Å². The molecule has 1 fully saturated rings. The summed E-state index contributed by atoms with van der Waals surface area (Å²) in [6.45, 7) is 4.12. The molecule has 1 aliphatic heterocycles. The lowest BCUT2D eigenvalue weighted by molar-refractivity contribution is 0.209. The maximum absolute atomic E-state index is 13.1. The summed E-state index contributed by atoms with van der Waals surface area (Å²) in [4.78, 5) is 2.48. The fourth-order valence-corrected chi connectivity index (χ4v) is 3.98. The molecule has 1 saturated heterocycles. The van der Waals surface area contributed by atoms with Crippen LogP contribution in [0.25, 0.3) is 0 Å². The van der Waals surface area contributed by atoms with Crippen molar-refractivity contribution >= 4 is 0 Å². The number of hydrogen-bond acceptors (Lipinski definition) is 5. The quantitative estimate of drug-likeness (QED) is 0.500. The third kappa shape index (κ3) is 5.66. The van der Waals surface area contributed by atoms with Crippen LogP contribution in [-0.2, 0) is 13.2 Å². The molecule has 1 N–H and O–H groups in total. The van der Waals surface area contributed by atoms with E-state index in [1.165, 1.54) is 25.0 Å². The Kier molecular flexibility index (Phi) is 7.22. The highest BCUT2D eigenvalue weighted by molar-refractivity contribution is 5.43. The van der Waals surface area contributed by atoms with Crippen LogP contribution in [-0.4, -0.2) is 31.6 Å². The molecule has 5 nitrogen and oxygen atoms in total. The van der Waals surface area contributed by atoms with Crippen molar-refractivity contribution < 1.29 is 18.3 Å². The lowest BCUT2D eigenvalue weighted by Gasteiger charge is -2.26. The Hall–Kier alpha value is -2.83. The zero-order chi connectivity index (χ0) is 21.5. The number of hydrogen-bond donors (Lipinski definition) is 1. The van der Waals surface area contributed by atoms with Gasteiger partial charge in [-0.15, -0.1) is 0 Å². The van der Waals surface area contributed by atoms with E-state index in [9.17, 15) is 4.39 Å². The van der Waals surface area contributed by atoms with E-state index in [0.717, 1.165) is 43.1 Å². The Bertz CT molecular complexity index is 938. The summed E-state index contributed by atoms with van der Waals surface area (Å²) in [6, 6.07) is 16.5. The van der Waals surface area contributed by atoms with E-state index in [4.69, 9.17) is 13.9 Å². The van der Waals surface area contributed by atoms with E-state index in [-0.39, 0.29) is 11.9 Å². The van der Waals surface area contributed by atoms with Crippen LogP contribution in [0, 0.1) is 5.82 Å². The van der Waals surface area contributed by atoms with E-state index in [1.807, 2.05) is 24.3 Å². The van der Waals surface area contributed by atoms with E-state index < -0.39 is 0 Å². The maximum Gasteiger partial charge on any atom is 0.161 e. The first kappa shape index (κ1) is 21.4. The summed E-state index contributed by atoms with van der Waals surface area (Å²) < 4.78 is 30.2. The smallest absolute Gasteiger partial charge is 0.161 e. The first-order valence-corrected chi connectivity index (χ1v) is 10.8. The number of ether oxygens (including phenoxy) is 2. The van der Waals surface area contributed by atoms with Crippen LogP contribution in [0.1, 0.15) is 35.8 Å². The molecular weight excluding hydrogens is 395 g/mol. The van der Waals surface area contributed by atoms with Crippen molar-refractivity contribution in [1.29, 1.82) is 0 Å². The molecule has 0 aliphatic carbocycles. The summed E-state index contributed by atoms with van der Waals surface area (Å²) in [5.74, 6) is 2.11. The Morgan fingerprint density at radius 3 is 2.52 bits per heavy atom. The maximum atomic E-state index is 13.1. The molecule has 0 amide bonds. The van der Waals surface area contributed by atoms with Crippen molar-refractivity contribution in [3.8, 4) is 11.5 Å². The fourth-order valence-electron chi connectivity index (χ4n) is 3.98. The molecule has 0 radical (unpaired) electrons. The van der Waals surface area contributed by atoms with Gasteiger partial charge in [0.2, 0.25) is 0 Å². The second-order valence-corrected chi connectivity index (χ2v) is 7.81. The van der Waals surface area contributed by atoms with Crippen molar-refractivity contribution in [2.75, 3.05) is 26.7 Å². The summed E-state index contributed by atoms with van der Waals surface area (Å²) in [6.07, 6.45) is 4.23. The molecular formula is C25H29FN2O3. The number of methoxy groups -OCH3 is 1. The van der Waals surface area contributed by atoms with Gasteiger partial charge in [0.1, 0.15) is 18.2 Å². The standard InChI is InChI=1S/C25H29FN2O3/c1-29-25-15-20(8-11-24(25)31-18-19-6-9-21(26)10-7-19)16-27-17-22(23-5-4-14-30-23)28-12-2-3-13-28/h4-11,14-15,22,27H,2-3,12-13,16-18H2,1H3/t22-/m0/s1. The highest BCUT2D eigenvalue weighted by atomic mass is 19.1. The molecule has 31 heavy (non-hydrogen) atoms. The Morgan fingerprint density at radius 2 is 1.81 bits per heavy atom. The van der Waals surface area contributed by atoms with Gasteiger partial charge in [0.05, 0.1) is 19.4 Å². The minimum atomic E-state index is -0.253. The highest BCUT2D eigenvalue weighted by Crippen LogP contribution is 2.29. The molecule has 0 bridgehead atoms. The normalized spacial score (nSPS) is 15.2. The zero-order valence-electron chi connectivity index (χ0n) is 17.9. The number of likely N-dealkylation sites (tertiary alicyclic amines) is 1. The molecule has 2 heterocycles. The second-order valence-electron chi connectivity index (χ2n) is 7.81. The van der Waals surface area contributed by atoms with Gasteiger partial charge in [0.25, 0.3) is 0 Å². The van der Waals surface area contributed by atoms with Crippen LogP contribution in [0.15, 0.2) is 65.3 Å². The molecule has 1 aliphatic rings. The molecule has 1 aromatic heterocycles. The van der Waals surface area contributed by atoms with Gasteiger partial charge >= 0.3 is 0 Å². The van der Waals surface area contributed by atoms with Gasteiger partial charge in [0, 0.05) is 13.1 Å². The molecule has 3 aromatic rings. The predicted molar refractivity (Wildman–Crippen MR) is 118 cm³/mol. The molecule has 1 atom stereocenters. The Balaban J connectivity index is 1.34. The molecule has 2 aromatic carbocycles. The number of rotatable bonds is 10. The SMILES string of the molecule is COc1cc(CNC[C@@H](c2ccco2)N2CCCC2)ccc1OCc1ccc(F)cc1. The third-order valence-corrected chi connectivity index (χ3v) is 5.66. The average Bonchev–Trinajstić information content (AvgIpc) is 3.51. The van der Waals surface area contributed by atoms with Gasteiger partial charge < -0.3 is 19.2 Å². The van der Waals surface area contributed by atoms with Crippen LogP contribution in [0.4, 0.5) is 4.39 Å². The van der Waals surface area contributed by atoms with Gasteiger partial charge in [-0.25, -0.2) is 4.39 Å². The highest BCUT2D eigenvalue weighted by Gasteiger charge is 2.25. The van der Waals surface area contributed by atoms with E-state index >= 15 is 0 Å². The fraction of sp³-hybridized carbons (Fsp3) is 0.360. The van der Waals surface area contributed by atoms with Crippen LogP contribution in [0.3, 0.4) is 0 Å². The lowest BCUT2D eigenvalue weighted by atomic mass is 10.1. The zero-order valence-corrected chi connectivity index (χ0v) is 17.9. The summed E-state index contributed by atoms with van der Waals surface area (Å²) in [5, 5.41) is 3.57. The van der Waals surface area contributed by atoms with Crippen LogP contribution < -0.4 is 14.8 Å². The molecule has 4 rings (SSSR count). The number of furan rings is 1. The topological polar surface area (TPSA) is 46.9 Å². The van der Waals surface area contributed by atoms with Crippen LogP contribution >= 0.6 is 0 Å². The van der Waals surface area contributed by atoms with Gasteiger partial charge in [-0.05, 0) is 73.5 Å². The first-order valence-electron chi connectivity index (χ1n) is 10.8. The molecule has 0 saturated carbocycles. The molecule has 6 heteroatoms. The number of nitrogens with zero attached hydrogens (tertiary/aromatic N) is 1. The lowest BCUT2D eigenvalue weighted by Crippen LogP contribution is -2.33. The van der Waals surface area contributed by atoms with Crippen molar-refractivity contribution in [3.05, 3.63) is 83.6 Å². The number of halogens is 1.